The molecule has 0 aliphatic heterocycles. The van der Waals surface area contributed by atoms with E-state index in [0.717, 1.165) is 16.4 Å². The number of thioether (sulfide) groups is 1. The van der Waals surface area contributed by atoms with Gasteiger partial charge < -0.3 is 9.88 Å². The number of hydrogen-bond donors (Lipinski definition) is 1. The van der Waals surface area contributed by atoms with Crippen LogP contribution in [0.2, 0.25) is 10.0 Å². The van der Waals surface area contributed by atoms with E-state index < -0.39 is 0 Å². The average molecular weight is 392 g/mol. The number of hydrogen-bond acceptors (Lipinski definition) is 3. The molecular weight excluding hydrogens is 377 g/mol. The maximum Gasteiger partial charge on any atom is 0.234 e. The number of nitrogens with zero attached hydrogens (tertiary/aromatic N) is 2. The summed E-state index contributed by atoms with van der Waals surface area (Å²) in [5.74, 6) is 0.116. The number of benzene rings is 2. The Kier molecular flexibility index (Phi) is 5.68. The van der Waals surface area contributed by atoms with Gasteiger partial charge in [0.05, 0.1) is 28.4 Å². The number of para-hydroxylation sites is 1. The van der Waals surface area contributed by atoms with Crippen LogP contribution in [0.1, 0.15) is 0 Å². The minimum Gasteiger partial charge on any atom is -0.324 e. The number of carbonyl (C=O) groups is 1. The lowest BCUT2D eigenvalue weighted by atomic mass is 10.2. The molecule has 25 heavy (non-hydrogen) atoms. The number of aromatic nitrogens is 2. The summed E-state index contributed by atoms with van der Waals surface area (Å²) in [6, 6.07) is 14.7. The first kappa shape index (κ1) is 17.9. The highest BCUT2D eigenvalue weighted by Crippen LogP contribution is 2.26. The van der Waals surface area contributed by atoms with Gasteiger partial charge >= 0.3 is 0 Å². The Hall–Kier alpha value is -1.95. The molecule has 1 aromatic heterocycles. The van der Waals surface area contributed by atoms with Gasteiger partial charge in [-0.2, -0.15) is 0 Å². The summed E-state index contributed by atoms with van der Waals surface area (Å²) in [6.45, 7) is 0. The quantitative estimate of drug-likeness (QED) is 0.613. The van der Waals surface area contributed by atoms with E-state index >= 15 is 0 Å². The molecule has 1 N–H and O–H groups in total. The molecule has 0 fully saturated rings. The molecule has 3 rings (SSSR count). The van der Waals surface area contributed by atoms with Crippen LogP contribution in [-0.4, -0.2) is 21.2 Å². The van der Waals surface area contributed by atoms with Gasteiger partial charge in [0, 0.05) is 12.1 Å². The second kappa shape index (κ2) is 7.95. The molecule has 1 heterocycles. The molecule has 0 saturated heterocycles. The van der Waals surface area contributed by atoms with Crippen LogP contribution < -0.4 is 5.32 Å². The van der Waals surface area contributed by atoms with Crippen molar-refractivity contribution in [3.63, 3.8) is 0 Å². The Morgan fingerprint density at radius 2 is 1.88 bits per heavy atom. The fraction of sp³-hybridized carbons (Fsp3) is 0.111. The van der Waals surface area contributed by atoms with E-state index in [4.69, 9.17) is 23.2 Å². The zero-order valence-corrected chi connectivity index (χ0v) is 15.7. The molecule has 0 radical (unpaired) electrons. The molecule has 3 aromatic rings. The van der Waals surface area contributed by atoms with Gasteiger partial charge in [-0.1, -0.05) is 59.2 Å². The first-order valence-electron chi connectivity index (χ1n) is 7.49. The summed E-state index contributed by atoms with van der Waals surface area (Å²) < 4.78 is 1.96. The van der Waals surface area contributed by atoms with Crippen molar-refractivity contribution in [2.24, 2.45) is 7.05 Å². The van der Waals surface area contributed by atoms with E-state index in [1.54, 1.807) is 18.3 Å². The number of imidazole rings is 1. The zero-order chi connectivity index (χ0) is 17.8. The lowest BCUT2D eigenvalue weighted by Crippen LogP contribution is -2.14. The summed E-state index contributed by atoms with van der Waals surface area (Å²) in [5, 5.41) is 4.77. The number of anilines is 1. The second-order valence-corrected chi connectivity index (χ2v) is 7.09. The number of rotatable bonds is 5. The highest BCUT2D eigenvalue weighted by Gasteiger charge is 2.12. The van der Waals surface area contributed by atoms with E-state index in [0.29, 0.717) is 15.7 Å². The standard InChI is InChI=1S/C18H15Cl2N3OS/c1-23-16(12-6-8-13(19)9-7-12)10-21-18(23)25-11-17(24)22-15-5-3-2-4-14(15)20/h2-10H,11H2,1H3,(H,22,24). The van der Waals surface area contributed by atoms with Crippen LogP contribution >= 0.6 is 35.0 Å². The Balaban J connectivity index is 1.65. The van der Waals surface area contributed by atoms with Crippen molar-refractivity contribution in [1.29, 1.82) is 0 Å². The predicted molar refractivity (Wildman–Crippen MR) is 104 cm³/mol. The van der Waals surface area contributed by atoms with Gasteiger partial charge in [0.1, 0.15) is 0 Å². The summed E-state index contributed by atoms with van der Waals surface area (Å²) in [5.41, 5.74) is 2.59. The fourth-order valence-corrected chi connectivity index (χ4v) is 3.36. The zero-order valence-electron chi connectivity index (χ0n) is 13.4. The molecule has 0 saturated carbocycles. The molecule has 0 aliphatic rings. The summed E-state index contributed by atoms with van der Waals surface area (Å²) in [6.07, 6.45) is 1.79. The van der Waals surface area contributed by atoms with Crippen molar-refractivity contribution in [2.45, 2.75) is 5.16 Å². The van der Waals surface area contributed by atoms with Crippen molar-refractivity contribution >= 4 is 46.6 Å². The molecular formula is C18H15Cl2N3OS. The van der Waals surface area contributed by atoms with Crippen molar-refractivity contribution < 1.29 is 4.79 Å². The van der Waals surface area contributed by atoms with E-state index in [9.17, 15) is 4.79 Å². The largest absolute Gasteiger partial charge is 0.324 e. The Labute approximate surface area is 160 Å². The monoisotopic (exact) mass is 391 g/mol. The Morgan fingerprint density at radius 3 is 2.60 bits per heavy atom. The molecule has 0 unspecified atom stereocenters. The topological polar surface area (TPSA) is 46.9 Å². The van der Waals surface area contributed by atoms with Crippen molar-refractivity contribution in [1.82, 2.24) is 9.55 Å². The third-order valence-electron chi connectivity index (χ3n) is 3.57. The molecule has 7 heteroatoms. The molecule has 0 aliphatic carbocycles. The number of nitrogens with one attached hydrogen (secondary N) is 1. The maximum absolute atomic E-state index is 12.1. The van der Waals surface area contributed by atoms with Crippen LogP contribution in [0.5, 0.6) is 0 Å². The second-order valence-electron chi connectivity index (χ2n) is 5.31. The van der Waals surface area contributed by atoms with Gasteiger partial charge in [0.2, 0.25) is 5.91 Å². The molecule has 0 spiro atoms. The van der Waals surface area contributed by atoms with Gasteiger partial charge in [-0.15, -0.1) is 0 Å². The first-order valence-corrected chi connectivity index (χ1v) is 9.23. The van der Waals surface area contributed by atoms with Gasteiger partial charge in [0.25, 0.3) is 0 Å². The van der Waals surface area contributed by atoms with Crippen LogP contribution in [-0.2, 0) is 11.8 Å². The fourth-order valence-electron chi connectivity index (χ4n) is 2.29. The normalized spacial score (nSPS) is 10.7. The van der Waals surface area contributed by atoms with Crippen LogP contribution in [0.3, 0.4) is 0 Å². The lowest BCUT2D eigenvalue weighted by molar-refractivity contribution is -0.113. The minimum atomic E-state index is -0.130. The SMILES string of the molecule is Cn1c(-c2ccc(Cl)cc2)cnc1SCC(=O)Nc1ccccc1Cl. The minimum absolute atomic E-state index is 0.130. The molecule has 0 bridgehead atoms. The van der Waals surface area contributed by atoms with Gasteiger partial charge in [-0.3, -0.25) is 4.79 Å². The van der Waals surface area contributed by atoms with Crippen molar-refractivity contribution in [3.8, 4) is 11.3 Å². The van der Waals surface area contributed by atoms with Crippen molar-refractivity contribution in [2.75, 3.05) is 11.1 Å². The number of halogens is 2. The van der Waals surface area contributed by atoms with Crippen molar-refractivity contribution in [3.05, 3.63) is 64.8 Å². The van der Waals surface area contributed by atoms with Crippen LogP contribution in [0, 0.1) is 0 Å². The highest BCUT2D eigenvalue weighted by molar-refractivity contribution is 7.99. The first-order chi connectivity index (χ1) is 12.0. The predicted octanol–water partition coefficient (Wildman–Crippen LogP) is 5.12. The third-order valence-corrected chi connectivity index (χ3v) is 5.19. The third kappa shape index (κ3) is 4.37. The van der Waals surface area contributed by atoms with Gasteiger partial charge in [0.15, 0.2) is 5.16 Å². The Morgan fingerprint density at radius 1 is 1.16 bits per heavy atom. The van der Waals surface area contributed by atoms with E-state index in [1.807, 2.05) is 48.0 Å². The molecule has 4 nitrogen and oxygen atoms in total. The number of carbonyl (C=O) groups excluding carboxylic acids is 1. The summed E-state index contributed by atoms with van der Waals surface area (Å²) >= 11 is 13.3. The lowest BCUT2D eigenvalue weighted by Gasteiger charge is -2.08. The Bertz CT molecular complexity index is 894. The molecule has 2 aromatic carbocycles. The van der Waals surface area contributed by atoms with Gasteiger partial charge in [-0.25, -0.2) is 4.98 Å². The van der Waals surface area contributed by atoms with Crippen LogP contribution in [0.15, 0.2) is 59.9 Å². The average Bonchev–Trinajstić information content (AvgIpc) is 2.97. The smallest absolute Gasteiger partial charge is 0.234 e. The van der Waals surface area contributed by atoms with Gasteiger partial charge in [-0.05, 0) is 29.8 Å². The number of amides is 1. The van der Waals surface area contributed by atoms with Crippen LogP contribution in [0.25, 0.3) is 11.3 Å². The highest BCUT2D eigenvalue weighted by atomic mass is 35.5. The van der Waals surface area contributed by atoms with E-state index in [-0.39, 0.29) is 11.7 Å². The molecule has 1 amide bonds. The maximum atomic E-state index is 12.1. The summed E-state index contributed by atoms with van der Waals surface area (Å²) in [4.78, 5) is 16.5. The molecule has 0 atom stereocenters. The van der Waals surface area contributed by atoms with E-state index in [2.05, 4.69) is 10.3 Å². The van der Waals surface area contributed by atoms with E-state index in [1.165, 1.54) is 11.8 Å². The van der Waals surface area contributed by atoms with Crippen LogP contribution in [0.4, 0.5) is 5.69 Å². The molecule has 128 valence electrons. The summed E-state index contributed by atoms with van der Waals surface area (Å²) in [7, 11) is 1.92.